The molecule has 0 fully saturated rings. The van der Waals surface area contributed by atoms with Gasteiger partial charge in [-0.3, -0.25) is 4.98 Å². The lowest BCUT2D eigenvalue weighted by Crippen LogP contribution is -2.18. The van der Waals surface area contributed by atoms with Crippen molar-refractivity contribution in [2.24, 2.45) is 0 Å². The predicted octanol–water partition coefficient (Wildman–Crippen LogP) is 4.02. The lowest BCUT2D eigenvalue weighted by atomic mass is 9.92. The number of pyridine rings is 1. The molecule has 0 saturated carbocycles. The molecular formula is C14H15ClIN3. The van der Waals surface area contributed by atoms with Crippen molar-refractivity contribution in [3.05, 3.63) is 50.3 Å². The minimum absolute atomic E-state index is 0.0488. The van der Waals surface area contributed by atoms with Crippen molar-refractivity contribution in [3.63, 3.8) is 0 Å². The number of halogens is 2. The highest BCUT2D eigenvalue weighted by Gasteiger charge is 2.22. The summed E-state index contributed by atoms with van der Waals surface area (Å²) >= 11 is 8.43. The van der Waals surface area contributed by atoms with E-state index < -0.39 is 0 Å². The maximum atomic E-state index is 6.22. The summed E-state index contributed by atoms with van der Waals surface area (Å²) in [5.74, 6) is 0.739. The van der Waals surface area contributed by atoms with Crippen LogP contribution in [-0.2, 0) is 11.8 Å². The topological polar surface area (TPSA) is 38.7 Å². The molecule has 19 heavy (non-hydrogen) atoms. The zero-order valence-corrected chi connectivity index (χ0v) is 14.0. The van der Waals surface area contributed by atoms with E-state index in [4.69, 9.17) is 11.6 Å². The van der Waals surface area contributed by atoms with Crippen molar-refractivity contribution < 1.29 is 0 Å². The van der Waals surface area contributed by atoms with Gasteiger partial charge in [-0.2, -0.15) is 0 Å². The van der Waals surface area contributed by atoms with Gasteiger partial charge in [0.25, 0.3) is 0 Å². The van der Waals surface area contributed by atoms with Gasteiger partial charge in [0, 0.05) is 24.2 Å². The van der Waals surface area contributed by atoms with Crippen LogP contribution >= 0.6 is 34.2 Å². The molecule has 0 bridgehead atoms. The first-order valence-electron chi connectivity index (χ1n) is 5.99. The maximum absolute atomic E-state index is 6.22. The van der Waals surface area contributed by atoms with Crippen LogP contribution in [-0.4, -0.2) is 15.0 Å². The molecule has 0 radical (unpaired) electrons. The van der Waals surface area contributed by atoms with Gasteiger partial charge >= 0.3 is 0 Å². The molecule has 0 aliphatic carbocycles. The molecule has 0 unspecified atom stereocenters. The minimum atomic E-state index is -0.0488. The van der Waals surface area contributed by atoms with Gasteiger partial charge in [-0.1, -0.05) is 38.4 Å². The Labute approximate surface area is 132 Å². The molecule has 2 rings (SSSR count). The van der Waals surface area contributed by atoms with Crippen LogP contribution in [0.4, 0.5) is 0 Å². The van der Waals surface area contributed by atoms with Crippen LogP contribution in [0, 0.1) is 3.57 Å². The van der Waals surface area contributed by atoms with Gasteiger partial charge in [-0.05, 0) is 34.2 Å². The van der Waals surface area contributed by atoms with Gasteiger partial charge in [0.1, 0.15) is 11.0 Å². The fourth-order valence-electron chi connectivity index (χ4n) is 1.72. The first kappa shape index (κ1) is 14.7. The normalized spacial score (nSPS) is 11.6. The van der Waals surface area contributed by atoms with Crippen LogP contribution in [0.1, 0.15) is 37.9 Å². The smallest absolute Gasteiger partial charge is 0.146 e. The Kier molecular flexibility index (Phi) is 4.40. The molecule has 0 saturated heterocycles. The van der Waals surface area contributed by atoms with Gasteiger partial charge < -0.3 is 0 Å². The molecule has 0 aromatic carbocycles. The molecule has 0 amide bonds. The van der Waals surface area contributed by atoms with E-state index in [0.717, 1.165) is 20.7 Å². The van der Waals surface area contributed by atoms with Crippen molar-refractivity contribution in [3.8, 4) is 0 Å². The molecule has 2 aromatic rings. The molecular weight excluding hydrogens is 373 g/mol. The lowest BCUT2D eigenvalue weighted by Gasteiger charge is -2.20. The quantitative estimate of drug-likeness (QED) is 0.577. The third-order valence-electron chi connectivity index (χ3n) is 2.65. The molecule has 100 valence electrons. The molecule has 0 N–H and O–H groups in total. The molecule has 2 heterocycles. The highest BCUT2D eigenvalue weighted by Crippen LogP contribution is 2.29. The predicted molar refractivity (Wildman–Crippen MR) is 85.5 cm³/mol. The highest BCUT2D eigenvalue weighted by atomic mass is 127. The summed E-state index contributed by atoms with van der Waals surface area (Å²) in [5, 5.41) is 0.527. The van der Waals surface area contributed by atoms with E-state index in [1.807, 2.05) is 18.3 Å². The molecule has 0 aliphatic heterocycles. The molecule has 5 heteroatoms. The second kappa shape index (κ2) is 5.71. The van der Waals surface area contributed by atoms with Crippen molar-refractivity contribution in [2.75, 3.05) is 0 Å². The summed E-state index contributed by atoms with van der Waals surface area (Å²) in [5.41, 5.74) is 2.03. The Morgan fingerprint density at radius 2 is 2.00 bits per heavy atom. The zero-order chi connectivity index (χ0) is 14.0. The van der Waals surface area contributed by atoms with Crippen LogP contribution < -0.4 is 0 Å². The number of hydrogen-bond donors (Lipinski definition) is 0. The molecule has 3 nitrogen and oxygen atoms in total. The van der Waals surface area contributed by atoms with Gasteiger partial charge in [0.15, 0.2) is 0 Å². The van der Waals surface area contributed by atoms with Crippen molar-refractivity contribution >= 4 is 34.2 Å². The van der Waals surface area contributed by atoms with E-state index in [1.54, 1.807) is 6.20 Å². The maximum Gasteiger partial charge on any atom is 0.146 e. The third kappa shape index (κ3) is 3.63. The molecule has 2 aromatic heterocycles. The van der Waals surface area contributed by atoms with E-state index in [2.05, 4.69) is 58.3 Å². The Bertz CT molecular complexity index is 579. The Hall–Kier alpha value is -0.750. The van der Waals surface area contributed by atoms with Crippen LogP contribution in [0.15, 0.2) is 24.5 Å². The van der Waals surface area contributed by atoms with Crippen LogP contribution in [0.3, 0.4) is 0 Å². The van der Waals surface area contributed by atoms with Crippen LogP contribution in [0.5, 0.6) is 0 Å². The number of rotatable bonds is 2. The van der Waals surface area contributed by atoms with Crippen molar-refractivity contribution in [2.45, 2.75) is 32.6 Å². The molecule has 0 spiro atoms. The van der Waals surface area contributed by atoms with Gasteiger partial charge in [0.05, 0.1) is 9.26 Å². The standard InChI is InChI=1S/C14H15ClIN3/c1-14(2,3)12-11(16)13(15)19-10(18-12)7-9-5-4-6-17-8-9/h4-6,8H,7H2,1-3H3. The minimum Gasteiger partial charge on any atom is -0.264 e. The highest BCUT2D eigenvalue weighted by molar-refractivity contribution is 14.1. The van der Waals surface area contributed by atoms with E-state index in [-0.39, 0.29) is 5.41 Å². The zero-order valence-electron chi connectivity index (χ0n) is 11.1. The Morgan fingerprint density at radius 3 is 2.58 bits per heavy atom. The third-order valence-corrected chi connectivity index (χ3v) is 4.27. The summed E-state index contributed by atoms with van der Waals surface area (Å²) in [7, 11) is 0. The first-order chi connectivity index (χ1) is 8.88. The average Bonchev–Trinajstić information content (AvgIpc) is 2.33. The van der Waals surface area contributed by atoms with Crippen LogP contribution in [0.25, 0.3) is 0 Å². The summed E-state index contributed by atoms with van der Waals surface area (Å²) in [6.07, 6.45) is 4.23. The van der Waals surface area contributed by atoms with E-state index in [1.165, 1.54) is 0 Å². The number of aromatic nitrogens is 3. The first-order valence-corrected chi connectivity index (χ1v) is 7.45. The fourth-order valence-corrected chi connectivity index (χ4v) is 2.96. The Balaban J connectivity index is 2.40. The largest absolute Gasteiger partial charge is 0.264 e. The lowest BCUT2D eigenvalue weighted by molar-refractivity contribution is 0.558. The second-order valence-corrected chi connectivity index (χ2v) is 6.82. The van der Waals surface area contributed by atoms with Crippen molar-refractivity contribution in [1.82, 2.24) is 15.0 Å². The summed E-state index contributed by atoms with van der Waals surface area (Å²) in [6, 6.07) is 3.92. The summed E-state index contributed by atoms with van der Waals surface area (Å²) in [6.45, 7) is 6.38. The van der Waals surface area contributed by atoms with Gasteiger partial charge in [-0.25, -0.2) is 9.97 Å². The molecule has 0 atom stereocenters. The summed E-state index contributed by atoms with van der Waals surface area (Å²) < 4.78 is 0.932. The SMILES string of the molecule is CC(C)(C)c1nc(Cc2cccnc2)nc(Cl)c1I. The van der Waals surface area contributed by atoms with Crippen LogP contribution in [0.2, 0.25) is 5.15 Å². The number of nitrogens with zero attached hydrogens (tertiary/aromatic N) is 3. The van der Waals surface area contributed by atoms with E-state index in [0.29, 0.717) is 11.6 Å². The van der Waals surface area contributed by atoms with Gasteiger partial charge in [0.2, 0.25) is 0 Å². The fraction of sp³-hybridized carbons (Fsp3) is 0.357. The second-order valence-electron chi connectivity index (χ2n) is 5.38. The summed E-state index contributed by atoms with van der Waals surface area (Å²) in [4.78, 5) is 13.1. The Morgan fingerprint density at radius 1 is 1.26 bits per heavy atom. The average molecular weight is 388 g/mol. The molecule has 0 aliphatic rings. The van der Waals surface area contributed by atoms with E-state index in [9.17, 15) is 0 Å². The monoisotopic (exact) mass is 387 g/mol. The van der Waals surface area contributed by atoms with Gasteiger partial charge in [-0.15, -0.1) is 0 Å². The van der Waals surface area contributed by atoms with E-state index >= 15 is 0 Å². The van der Waals surface area contributed by atoms with Crippen molar-refractivity contribution in [1.29, 1.82) is 0 Å². The number of hydrogen-bond acceptors (Lipinski definition) is 3.